The molecule has 1 aromatic rings. The molecule has 0 radical (unpaired) electrons. The zero-order chi connectivity index (χ0) is 20.0. The van der Waals surface area contributed by atoms with Crippen molar-refractivity contribution in [2.24, 2.45) is 0 Å². The lowest BCUT2D eigenvalue weighted by molar-refractivity contribution is -0.139. The average molecular weight is 378 g/mol. The number of unbranched alkanes of at least 4 members (excludes halogenated alkanes) is 1. The van der Waals surface area contributed by atoms with E-state index in [2.05, 4.69) is 10.6 Å². The Morgan fingerprint density at radius 3 is 2.33 bits per heavy atom. The molecule has 2 amide bonds. The van der Waals surface area contributed by atoms with Crippen LogP contribution in [0.4, 0.5) is 4.79 Å². The minimum Gasteiger partial charge on any atom is -0.502 e. The molecule has 3 N–H and O–H groups in total. The summed E-state index contributed by atoms with van der Waals surface area (Å²) in [5, 5.41) is 15.6. The van der Waals surface area contributed by atoms with Gasteiger partial charge in [0.25, 0.3) is 0 Å². The van der Waals surface area contributed by atoms with Crippen molar-refractivity contribution in [3.8, 4) is 17.2 Å². The number of esters is 1. The van der Waals surface area contributed by atoms with Gasteiger partial charge in [-0.05, 0) is 37.5 Å². The number of methoxy groups -OCH3 is 2. The highest BCUT2D eigenvalue weighted by atomic mass is 16.5. The van der Waals surface area contributed by atoms with Gasteiger partial charge in [-0.3, -0.25) is 0 Å². The highest BCUT2D eigenvalue weighted by Crippen LogP contribution is 2.41. The van der Waals surface area contributed by atoms with E-state index in [0.717, 1.165) is 12.8 Å². The minimum absolute atomic E-state index is 0.156. The number of nitrogens with one attached hydrogen (secondary N) is 2. The number of carbonyl (C=O) groups is 2. The standard InChI is InChI=1S/C19H26N2O6/c1-5-7-8-12-15(18(23)27-6-2)16(21-19(24)20-12)11-9-13(25-3)17(22)14(10-11)26-4/h9-10,16,22H,5-8H2,1-4H3,(H2,20,21,24). The van der Waals surface area contributed by atoms with Crippen LogP contribution in [0.25, 0.3) is 0 Å². The Bertz CT molecular complexity index is 719. The molecule has 1 aliphatic heterocycles. The molecule has 8 heteroatoms. The first-order valence-corrected chi connectivity index (χ1v) is 8.89. The minimum atomic E-state index is -0.756. The molecule has 1 heterocycles. The van der Waals surface area contributed by atoms with Gasteiger partial charge in [-0.25, -0.2) is 9.59 Å². The fraction of sp³-hybridized carbons (Fsp3) is 0.474. The SMILES string of the molecule is CCCCC1=C(C(=O)OCC)C(c2cc(OC)c(O)c(OC)c2)NC(=O)N1. The smallest absolute Gasteiger partial charge is 0.338 e. The van der Waals surface area contributed by atoms with Crippen LogP contribution >= 0.6 is 0 Å². The molecular formula is C19H26N2O6. The third kappa shape index (κ3) is 4.45. The van der Waals surface area contributed by atoms with E-state index < -0.39 is 18.0 Å². The molecular weight excluding hydrogens is 352 g/mol. The molecule has 8 nitrogen and oxygen atoms in total. The van der Waals surface area contributed by atoms with E-state index in [4.69, 9.17) is 14.2 Å². The van der Waals surface area contributed by atoms with Crippen molar-refractivity contribution in [2.45, 2.75) is 39.2 Å². The summed E-state index contributed by atoms with van der Waals surface area (Å²) in [6, 6.07) is 1.95. The number of phenolic OH excluding ortho intramolecular Hbond substituents is 1. The van der Waals surface area contributed by atoms with Crippen molar-refractivity contribution in [3.63, 3.8) is 0 Å². The number of allylic oxidation sites excluding steroid dienone is 1. The normalized spacial score (nSPS) is 16.4. The van der Waals surface area contributed by atoms with Crippen molar-refractivity contribution in [2.75, 3.05) is 20.8 Å². The summed E-state index contributed by atoms with van der Waals surface area (Å²) in [5.74, 6) is -0.310. The number of phenols is 1. The Balaban J connectivity index is 2.60. The van der Waals surface area contributed by atoms with E-state index in [-0.39, 0.29) is 23.9 Å². The maximum absolute atomic E-state index is 12.7. The Morgan fingerprint density at radius 1 is 1.19 bits per heavy atom. The lowest BCUT2D eigenvalue weighted by Crippen LogP contribution is -2.46. The van der Waals surface area contributed by atoms with Crippen molar-refractivity contribution in [1.82, 2.24) is 10.6 Å². The number of amides is 2. The zero-order valence-corrected chi connectivity index (χ0v) is 16.0. The summed E-state index contributed by atoms with van der Waals surface area (Å²) in [5.41, 5.74) is 1.41. The second kappa shape index (κ2) is 9.16. The van der Waals surface area contributed by atoms with E-state index in [1.54, 1.807) is 19.1 Å². The third-order valence-electron chi connectivity index (χ3n) is 4.26. The molecule has 1 aromatic carbocycles. The highest BCUT2D eigenvalue weighted by molar-refractivity contribution is 5.95. The predicted molar refractivity (Wildman–Crippen MR) is 98.8 cm³/mol. The molecule has 0 aromatic heterocycles. The average Bonchev–Trinajstić information content (AvgIpc) is 2.66. The summed E-state index contributed by atoms with van der Waals surface area (Å²) in [7, 11) is 2.82. The van der Waals surface area contributed by atoms with Crippen LogP contribution in [0.2, 0.25) is 0 Å². The van der Waals surface area contributed by atoms with Crippen LogP contribution in [-0.2, 0) is 9.53 Å². The lowest BCUT2D eigenvalue weighted by atomic mass is 9.93. The fourth-order valence-corrected chi connectivity index (χ4v) is 2.95. The van der Waals surface area contributed by atoms with E-state index in [1.165, 1.54) is 14.2 Å². The molecule has 0 spiro atoms. The fourth-order valence-electron chi connectivity index (χ4n) is 2.95. The Hall–Kier alpha value is -2.90. The van der Waals surface area contributed by atoms with E-state index in [1.807, 2.05) is 6.92 Å². The van der Waals surface area contributed by atoms with Crippen LogP contribution < -0.4 is 20.1 Å². The molecule has 1 aliphatic rings. The maximum atomic E-state index is 12.7. The Morgan fingerprint density at radius 2 is 1.81 bits per heavy atom. The first-order chi connectivity index (χ1) is 13.0. The van der Waals surface area contributed by atoms with Crippen LogP contribution in [0, 0.1) is 0 Å². The Kier molecular flexibility index (Phi) is 6.92. The van der Waals surface area contributed by atoms with Crippen molar-refractivity contribution in [3.05, 3.63) is 29.0 Å². The van der Waals surface area contributed by atoms with Crippen LogP contribution in [0.5, 0.6) is 17.2 Å². The van der Waals surface area contributed by atoms with Crippen LogP contribution in [-0.4, -0.2) is 37.9 Å². The number of benzene rings is 1. The largest absolute Gasteiger partial charge is 0.502 e. The molecule has 2 rings (SSSR count). The predicted octanol–water partition coefficient (Wildman–Crippen LogP) is 2.77. The first-order valence-electron chi connectivity index (χ1n) is 8.89. The van der Waals surface area contributed by atoms with Gasteiger partial charge in [0.05, 0.1) is 32.4 Å². The summed E-state index contributed by atoms with van der Waals surface area (Å²) in [6.07, 6.45) is 2.27. The van der Waals surface area contributed by atoms with Crippen molar-refractivity contribution >= 4 is 12.0 Å². The second-order valence-corrected chi connectivity index (χ2v) is 6.02. The van der Waals surface area contributed by atoms with Crippen LogP contribution in [0.15, 0.2) is 23.4 Å². The van der Waals surface area contributed by atoms with Gasteiger partial charge < -0.3 is 30.0 Å². The lowest BCUT2D eigenvalue weighted by Gasteiger charge is -2.30. The van der Waals surface area contributed by atoms with E-state index >= 15 is 0 Å². The van der Waals surface area contributed by atoms with Gasteiger partial charge in [0, 0.05) is 5.70 Å². The summed E-state index contributed by atoms with van der Waals surface area (Å²) < 4.78 is 15.6. The number of aromatic hydroxyl groups is 1. The van der Waals surface area contributed by atoms with E-state index in [0.29, 0.717) is 23.3 Å². The quantitative estimate of drug-likeness (QED) is 0.601. The zero-order valence-electron chi connectivity index (χ0n) is 16.0. The molecule has 0 saturated heterocycles. The molecule has 1 atom stereocenters. The van der Waals surface area contributed by atoms with Gasteiger partial charge in [-0.2, -0.15) is 0 Å². The number of hydrogen-bond donors (Lipinski definition) is 3. The van der Waals surface area contributed by atoms with Gasteiger partial charge in [-0.1, -0.05) is 13.3 Å². The first kappa shape index (κ1) is 20.4. The third-order valence-corrected chi connectivity index (χ3v) is 4.26. The summed E-state index contributed by atoms with van der Waals surface area (Å²) >= 11 is 0. The number of carbonyl (C=O) groups excluding carboxylic acids is 2. The second-order valence-electron chi connectivity index (χ2n) is 6.02. The summed E-state index contributed by atoms with van der Waals surface area (Å²) in [4.78, 5) is 24.9. The number of ether oxygens (including phenoxy) is 3. The molecule has 148 valence electrons. The highest BCUT2D eigenvalue weighted by Gasteiger charge is 2.34. The number of hydrogen-bond acceptors (Lipinski definition) is 6. The van der Waals surface area contributed by atoms with Gasteiger partial charge in [0.15, 0.2) is 11.5 Å². The summed E-state index contributed by atoms with van der Waals surface area (Å²) in [6.45, 7) is 3.97. The maximum Gasteiger partial charge on any atom is 0.338 e. The number of urea groups is 1. The molecule has 0 saturated carbocycles. The van der Waals surface area contributed by atoms with Gasteiger partial charge >= 0.3 is 12.0 Å². The molecule has 1 unspecified atom stereocenters. The molecule has 0 fully saturated rings. The number of rotatable bonds is 8. The molecule has 0 aliphatic carbocycles. The van der Waals surface area contributed by atoms with Gasteiger partial charge in [-0.15, -0.1) is 0 Å². The molecule has 27 heavy (non-hydrogen) atoms. The van der Waals surface area contributed by atoms with E-state index in [9.17, 15) is 14.7 Å². The van der Waals surface area contributed by atoms with Crippen molar-refractivity contribution < 1.29 is 28.9 Å². The van der Waals surface area contributed by atoms with Crippen molar-refractivity contribution in [1.29, 1.82) is 0 Å². The van der Waals surface area contributed by atoms with Gasteiger partial charge in [0.2, 0.25) is 5.75 Å². The Labute approximate surface area is 158 Å². The monoisotopic (exact) mass is 378 g/mol. The topological polar surface area (TPSA) is 106 Å². The molecule has 0 bridgehead atoms. The van der Waals surface area contributed by atoms with Gasteiger partial charge in [0.1, 0.15) is 0 Å². The van der Waals surface area contributed by atoms with Crippen LogP contribution in [0.1, 0.15) is 44.7 Å². The van der Waals surface area contributed by atoms with Crippen LogP contribution in [0.3, 0.4) is 0 Å².